The van der Waals surface area contributed by atoms with Gasteiger partial charge in [-0.25, -0.2) is 0 Å². The molecule has 2 heteroatoms. The van der Waals surface area contributed by atoms with Crippen LogP contribution >= 0.6 is 0 Å². The molecule has 0 heterocycles. The standard InChI is InChI=1S/C4H11NO/c1-5(2)3-4-6/h5-6H,1,3-4H2,2H3. The molecular formula is C4H11NO. The zero-order chi connectivity index (χ0) is 4.99. The third kappa shape index (κ3) is 3.92. The molecule has 0 radical (unpaired) electrons. The molecule has 0 aliphatic carbocycles. The Morgan fingerprint density at radius 3 is 2.33 bits per heavy atom. The summed E-state index contributed by atoms with van der Waals surface area (Å²) in [6, 6.07) is 0. The molecule has 0 aromatic rings. The average molecular weight is 89.1 g/mol. The van der Waals surface area contributed by atoms with Crippen LogP contribution in [-0.2, 0) is 0 Å². The number of nitrogens with one attached hydrogen (secondary N) is 1. The second kappa shape index (κ2) is 3.12. The molecule has 1 atom stereocenters. The highest BCUT2D eigenvalue weighted by molar-refractivity contribution is 4.13. The molecule has 2 nitrogen and oxygen atoms in total. The second-order valence-corrected chi connectivity index (χ2v) is 1.43. The molecule has 0 amide bonds. The fourth-order valence-electron chi connectivity index (χ4n) is 0.191. The molecular weight excluding hydrogens is 78.0 g/mol. The Morgan fingerprint density at radius 2 is 2.33 bits per heavy atom. The summed E-state index contributed by atoms with van der Waals surface area (Å²) >= 11 is 0. The van der Waals surface area contributed by atoms with Crippen molar-refractivity contribution in [3.8, 4) is 0 Å². The van der Waals surface area contributed by atoms with Gasteiger partial charge in [0.2, 0.25) is 0 Å². The van der Waals surface area contributed by atoms with Crippen LogP contribution in [0.5, 0.6) is 0 Å². The van der Waals surface area contributed by atoms with Gasteiger partial charge in [0.1, 0.15) is 0 Å². The minimum Gasteiger partial charge on any atom is -0.468 e. The molecule has 0 bridgehead atoms. The SMILES string of the molecule is [CH2-][NH+](C)CCO. The Kier molecular flexibility index (Phi) is 3.08. The first-order valence-corrected chi connectivity index (χ1v) is 2.02. The van der Waals surface area contributed by atoms with E-state index in [-0.39, 0.29) is 6.61 Å². The summed E-state index contributed by atoms with van der Waals surface area (Å²) in [6.45, 7) is 0.968. The molecule has 0 aromatic heterocycles. The zero-order valence-corrected chi connectivity index (χ0v) is 4.07. The Balaban J connectivity index is 2.63. The van der Waals surface area contributed by atoms with Crippen molar-refractivity contribution < 1.29 is 10.0 Å². The number of hydrogen-bond donors (Lipinski definition) is 2. The molecule has 0 aliphatic rings. The topological polar surface area (TPSA) is 24.7 Å². The third-order valence-electron chi connectivity index (χ3n) is 0.539. The van der Waals surface area contributed by atoms with Gasteiger partial charge in [-0.2, -0.15) is 7.05 Å². The fourth-order valence-corrected chi connectivity index (χ4v) is 0.191. The minimum absolute atomic E-state index is 0.231. The maximum Gasteiger partial charge on any atom is 0.0900 e. The number of aliphatic hydroxyl groups is 1. The van der Waals surface area contributed by atoms with E-state index in [1.165, 1.54) is 0 Å². The van der Waals surface area contributed by atoms with E-state index < -0.39 is 0 Å². The number of likely N-dealkylation sites (N-methyl/N-ethyl adjacent to an activating group) is 1. The lowest BCUT2D eigenvalue weighted by Crippen LogP contribution is -3.04. The molecule has 38 valence electrons. The van der Waals surface area contributed by atoms with E-state index in [2.05, 4.69) is 7.05 Å². The molecule has 0 aliphatic heterocycles. The van der Waals surface area contributed by atoms with Gasteiger partial charge in [0, 0.05) is 7.05 Å². The van der Waals surface area contributed by atoms with Gasteiger partial charge >= 0.3 is 0 Å². The lowest BCUT2D eigenvalue weighted by Gasteiger charge is -2.10. The largest absolute Gasteiger partial charge is 0.468 e. The third-order valence-corrected chi connectivity index (χ3v) is 0.539. The zero-order valence-electron chi connectivity index (χ0n) is 4.07. The predicted molar refractivity (Wildman–Crippen MR) is 24.2 cm³/mol. The monoisotopic (exact) mass is 89.1 g/mol. The Labute approximate surface area is 38.4 Å². The van der Waals surface area contributed by atoms with Crippen molar-refractivity contribution in [1.82, 2.24) is 0 Å². The summed E-state index contributed by atoms with van der Waals surface area (Å²) in [5.41, 5.74) is 0. The van der Waals surface area contributed by atoms with Gasteiger partial charge < -0.3 is 10.0 Å². The van der Waals surface area contributed by atoms with E-state index >= 15 is 0 Å². The Bertz CT molecular complexity index is 28.7. The molecule has 0 fully saturated rings. The summed E-state index contributed by atoms with van der Waals surface area (Å²) in [5, 5.41) is 8.18. The number of aliphatic hydroxyl groups excluding tert-OH is 1. The molecule has 0 saturated heterocycles. The van der Waals surface area contributed by atoms with Gasteiger partial charge in [0.05, 0.1) is 13.2 Å². The highest BCUT2D eigenvalue weighted by Crippen LogP contribution is 1.37. The van der Waals surface area contributed by atoms with Crippen molar-refractivity contribution in [2.75, 3.05) is 20.2 Å². The van der Waals surface area contributed by atoms with E-state index in [0.717, 1.165) is 11.4 Å². The quantitative estimate of drug-likeness (QED) is 0.387. The van der Waals surface area contributed by atoms with Crippen molar-refractivity contribution in [2.45, 2.75) is 0 Å². The van der Waals surface area contributed by atoms with Crippen LogP contribution in [0.4, 0.5) is 0 Å². The normalized spacial score (nSPS) is 14.5. The van der Waals surface area contributed by atoms with Gasteiger partial charge in [-0.1, -0.05) is 0 Å². The fraction of sp³-hybridized carbons (Fsp3) is 0.750. The number of rotatable bonds is 2. The summed E-state index contributed by atoms with van der Waals surface area (Å²) in [4.78, 5) is 1.04. The predicted octanol–water partition coefficient (Wildman–Crippen LogP) is -1.72. The maximum absolute atomic E-state index is 8.18. The van der Waals surface area contributed by atoms with Crippen molar-refractivity contribution in [1.29, 1.82) is 0 Å². The Morgan fingerprint density at radius 1 is 1.83 bits per heavy atom. The molecule has 0 rings (SSSR count). The van der Waals surface area contributed by atoms with E-state index in [4.69, 9.17) is 5.11 Å². The van der Waals surface area contributed by atoms with Crippen LogP contribution < -0.4 is 4.90 Å². The van der Waals surface area contributed by atoms with Gasteiger partial charge in [0.25, 0.3) is 0 Å². The Hall–Kier alpha value is -0.0800. The van der Waals surface area contributed by atoms with Crippen LogP contribution in [0.15, 0.2) is 0 Å². The highest BCUT2D eigenvalue weighted by Gasteiger charge is 1.77. The highest BCUT2D eigenvalue weighted by atomic mass is 16.3. The smallest absolute Gasteiger partial charge is 0.0900 e. The molecule has 0 aromatic carbocycles. The number of hydrogen-bond acceptors (Lipinski definition) is 1. The van der Waals surface area contributed by atoms with Crippen LogP contribution in [-0.4, -0.2) is 25.3 Å². The second-order valence-electron chi connectivity index (χ2n) is 1.43. The van der Waals surface area contributed by atoms with E-state index in [9.17, 15) is 0 Å². The van der Waals surface area contributed by atoms with Gasteiger partial charge in [-0.15, -0.1) is 0 Å². The first kappa shape index (κ1) is 5.92. The molecule has 2 N–H and O–H groups in total. The van der Waals surface area contributed by atoms with Crippen LogP contribution in [0.1, 0.15) is 0 Å². The van der Waals surface area contributed by atoms with Crippen molar-refractivity contribution >= 4 is 0 Å². The minimum atomic E-state index is 0.231. The molecule has 1 unspecified atom stereocenters. The van der Waals surface area contributed by atoms with Crippen LogP contribution in [0.25, 0.3) is 0 Å². The van der Waals surface area contributed by atoms with Crippen molar-refractivity contribution in [3.05, 3.63) is 7.05 Å². The van der Waals surface area contributed by atoms with Gasteiger partial charge in [-0.3, -0.25) is 0 Å². The summed E-state index contributed by atoms with van der Waals surface area (Å²) < 4.78 is 0. The number of quaternary nitrogens is 1. The lowest BCUT2D eigenvalue weighted by atomic mass is 10.6. The van der Waals surface area contributed by atoms with Crippen LogP contribution in [0.3, 0.4) is 0 Å². The van der Waals surface area contributed by atoms with E-state index in [1.54, 1.807) is 0 Å². The summed E-state index contributed by atoms with van der Waals surface area (Å²) in [6.07, 6.45) is 0. The first-order chi connectivity index (χ1) is 2.77. The van der Waals surface area contributed by atoms with Crippen molar-refractivity contribution in [2.24, 2.45) is 0 Å². The van der Waals surface area contributed by atoms with Gasteiger partial charge in [0.15, 0.2) is 0 Å². The summed E-state index contributed by atoms with van der Waals surface area (Å²) in [5.74, 6) is 0. The van der Waals surface area contributed by atoms with Crippen LogP contribution in [0, 0.1) is 7.05 Å². The van der Waals surface area contributed by atoms with Crippen molar-refractivity contribution in [3.63, 3.8) is 0 Å². The van der Waals surface area contributed by atoms with E-state index in [0.29, 0.717) is 0 Å². The molecule has 0 spiro atoms. The van der Waals surface area contributed by atoms with Gasteiger partial charge in [-0.05, 0) is 0 Å². The summed E-state index contributed by atoms with van der Waals surface area (Å²) in [7, 11) is 5.48. The van der Waals surface area contributed by atoms with E-state index in [1.807, 2.05) is 7.05 Å². The lowest BCUT2D eigenvalue weighted by molar-refractivity contribution is -0.832. The van der Waals surface area contributed by atoms with Crippen LogP contribution in [0.2, 0.25) is 0 Å². The molecule has 6 heavy (non-hydrogen) atoms. The molecule has 0 saturated carbocycles. The maximum atomic E-state index is 8.18. The first-order valence-electron chi connectivity index (χ1n) is 2.02. The average Bonchev–Trinajstić information content (AvgIpc) is 1.35.